The molecule has 0 spiro atoms. The summed E-state index contributed by atoms with van der Waals surface area (Å²) < 4.78 is 9.09. The van der Waals surface area contributed by atoms with Crippen molar-refractivity contribution in [3.63, 3.8) is 0 Å². The summed E-state index contributed by atoms with van der Waals surface area (Å²) in [5.41, 5.74) is 6.60. The van der Waals surface area contributed by atoms with Gasteiger partial charge < -0.3 is 9.95 Å². The van der Waals surface area contributed by atoms with Crippen LogP contribution in [0.25, 0.3) is 0 Å². The first-order valence-corrected chi connectivity index (χ1v) is 14.6. The van der Waals surface area contributed by atoms with E-state index in [0.717, 1.165) is 25.8 Å². The predicted molar refractivity (Wildman–Crippen MR) is 121 cm³/mol. The van der Waals surface area contributed by atoms with Gasteiger partial charge in [-0.1, -0.05) is 13.8 Å². The highest BCUT2D eigenvalue weighted by Gasteiger charge is 2.46. The highest BCUT2D eigenvalue weighted by atomic mass is 32.3. The number of nitrogens with two attached hydrogens (primary N) is 1. The van der Waals surface area contributed by atoms with Crippen LogP contribution in [0.15, 0.2) is 0 Å². The molecule has 3 atom stereocenters. The third-order valence-electron chi connectivity index (χ3n) is 5.46. The van der Waals surface area contributed by atoms with Crippen LogP contribution >= 0.6 is 29.5 Å². The molecule has 4 radical (unpaired) electrons. The Balaban J connectivity index is 2.12. The second-order valence-electron chi connectivity index (χ2n) is 9.18. The van der Waals surface area contributed by atoms with Gasteiger partial charge in [0.25, 0.3) is 0 Å². The van der Waals surface area contributed by atoms with E-state index in [2.05, 4.69) is 61.3 Å². The highest BCUT2D eigenvalue weighted by Crippen LogP contribution is 2.62. The molecule has 2 fully saturated rings. The fourth-order valence-electron chi connectivity index (χ4n) is 4.20. The molecule has 0 aromatic rings. The molecule has 2 aliphatic heterocycles. The van der Waals surface area contributed by atoms with Crippen molar-refractivity contribution in [1.82, 2.24) is 16.8 Å². The molecule has 10 heteroatoms. The fraction of sp³-hybridized carbons (Fsp3) is 1.00. The summed E-state index contributed by atoms with van der Waals surface area (Å²) in [6.45, 7) is 11.1. The van der Waals surface area contributed by atoms with Crippen molar-refractivity contribution in [2.24, 2.45) is 11.1 Å². The first-order valence-electron chi connectivity index (χ1n) is 8.72. The molecular formula is C15H36B2N5PS2. The Kier molecular flexibility index (Phi) is 6.39. The largest absolute Gasteiger partial charge is 0.313 e. The Bertz CT molecular complexity index is 506. The highest BCUT2D eigenvalue weighted by molar-refractivity contribution is 8.32. The molecule has 2 N–H and O–H groups in total. The average molecular weight is 403 g/mol. The van der Waals surface area contributed by atoms with Gasteiger partial charge in [-0.15, -0.1) is 20.8 Å². The second-order valence-corrected chi connectivity index (χ2v) is 17.3. The van der Waals surface area contributed by atoms with Gasteiger partial charge in [-0.05, 0) is 59.4 Å². The van der Waals surface area contributed by atoms with E-state index < -0.39 is 20.8 Å². The Hall–Kier alpha value is 1.06. The molecule has 25 heavy (non-hydrogen) atoms. The van der Waals surface area contributed by atoms with E-state index in [4.69, 9.17) is 21.7 Å². The molecule has 2 heterocycles. The molecule has 0 saturated carbocycles. The topological polar surface area (TPSA) is 39.0 Å². The van der Waals surface area contributed by atoms with Crippen LogP contribution in [0.5, 0.6) is 0 Å². The predicted octanol–water partition coefficient (Wildman–Crippen LogP) is 2.21. The molecule has 0 aromatic carbocycles. The lowest BCUT2D eigenvalue weighted by Gasteiger charge is -2.52. The van der Waals surface area contributed by atoms with Crippen LogP contribution in [0.1, 0.15) is 34.1 Å². The van der Waals surface area contributed by atoms with Gasteiger partial charge in [0.05, 0.1) is 5.66 Å². The Labute approximate surface area is 163 Å². The minimum Gasteiger partial charge on any atom is -0.313 e. The van der Waals surface area contributed by atoms with Gasteiger partial charge in [0.1, 0.15) is 0 Å². The Morgan fingerprint density at radius 1 is 1.12 bits per heavy atom. The minimum atomic E-state index is -1.17. The lowest BCUT2D eigenvalue weighted by Crippen LogP contribution is -2.56. The van der Waals surface area contributed by atoms with Gasteiger partial charge in [0, 0.05) is 25.4 Å². The van der Waals surface area contributed by atoms with E-state index in [1.165, 1.54) is 0 Å². The normalized spacial score (nSPS) is 35.0. The number of rotatable bonds is 5. The van der Waals surface area contributed by atoms with Gasteiger partial charge in [0.2, 0.25) is 7.98 Å². The molecular weight excluding hydrogens is 367 g/mol. The van der Waals surface area contributed by atoms with Gasteiger partial charge >= 0.3 is 0 Å². The SMILES string of the molecule is [B]N1CC(C)N(CC(C)(C)CC(C)(N)N2CPN([B])S2(C)C)S1(C)C. The van der Waals surface area contributed by atoms with Crippen LogP contribution in [0, 0.1) is 5.41 Å². The van der Waals surface area contributed by atoms with Gasteiger partial charge in [-0.3, -0.25) is 8.29 Å². The van der Waals surface area contributed by atoms with Crippen LogP contribution in [0.3, 0.4) is 0 Å². The fourth-order valence-corrected chi connectivity index (χ4v) is 11.8. The van der Waals surface area contributed by atoms with Crippen molar-refractivity contribution < 1.29 is 0 Å². The zero-order valence-corrected chi connectivity index (χ0v) is 19.9. The van der Waals surface area contributed by atoms with E-state index in [1.807, 2.05) is 8.20 Å². The summed E-state index contributed by atoms with van der Waals surface area (Å²) in [5, 5.41) is 0. The lowest BCUT2D eigenvalue weighted by molar-refractivity contribution is 0.131. The molecule has 0 aliphatic carbocycles. The quantitative estimate of drug-likeness (QED) is 0.563. The number of hydrogen-bond donors (Lipinski definition) is 1. The molecule has 0 bridgehead atoms. The summed E-state index contributed by atoms with van der Waals surface area (Å²) in [6.07, 6.45) is 11.0. The van der Waals surface area contributed by atoms with Crippen LogP contribution in [-0.2, 0) is 0 Å². The van der Waals surface area contributed by atoms with E-state index in [-0.39, 0.29) is 11.1 Å². The maximum atomic E-state index is 6.87. The van der Waals surface area contributed by atoms with Crippen molar-refractivity contribution in [1.29, 1.82) is 0 Å². The maximum absolute atomic E-state index is 6.87. The standard InChI is InChI=1S/C15H36B2N5PS2/c1-13-9-21(16)24(5,6)19(13)11-14(2,3)10-15(4,18)20-12-23-22(17)25(20,7)8/h13,23H,9-12,18H2,1-8H3. The first kappa shape index (κ1) is 22.4. The van der Waals surface area contributed by atoms with Crippen LogP contribution < -0.4 is 5.73 Å². The Morgan fingerprint density at radius 3 is 2.08 bits per heavy atom. The molecule has 2 rings (SSSR count). The average Bonchev–Trinajstić information content (AvgIpc) is 2.77. The molecule has 2 saturated heterocycles. The summed E-state index contributed by atoms with van der Waals surface area (Å²) in [4.78, 5) is 0. The van der Waals surface area contributed by atoms with Gasteiger partial charge in [-0.25, -0.2) is 4.31 Å². The van der Waals surface area contributed by atoms with Crippen molar-refractivity contribution in [2.45, 2.75) is 45.8 Å². The van der Waals surface area contributed by atoms with E-state index in [9.17, 15) is 0 Å². The van der Waals surface area contributed by atoms with Gasteiger partial charge in [0.15, 0.2) is 7.98 Å². The lowest BCUT2D eigenvalue weighted by atomic mass is 9.83. The maximum Gasteiger partial charge on any atom is 0.205 e. The molecule has 144 valence electrons. The zero-order valence-electron chi connectivity index (χ0n) is 17.2. The molecule has 2 aliphatic rings. The van der Waals surface area contributed by atoms with Crippen molar-refractivity contribution in [2.75, 3.05) is 44.4 Å². The van der Waals surface area contributed by atoms with Crippen molar-refractivity contribution in [3.8, 4) is 0 Å². The zero-order chi connectivity index (χ0) is 19.4. The van der Waals surface area contributed by atoms with E-state index in [0.29, 0.717) is 14.8 Å². The monoisotopic (exact) mass is 403 g/mol. The van der Waals surface area contributed by atoms with E-state index >= 15 is 0 Å². The second kappa shape index (κ2) is 7.14. The van der Waals surface area contributed by atoms with Crippen LogP contribution in [0.2, 0.25) is 0 Å². The minimum absolute atomic E-state index is 0.0911. The number of nitrogens with zero attached hydrogens (tertiary/aromatic N) is 4. The number of hydrogen-bond acceptors (Lipinski definition) is 5. The summed E-state index contributed by atoms with van der Waals surface area (Å²) in [5.74, 6) is 0. The summed E-state index contributed by atoms with van der Waals surface area (Å²) in [6, 6.07) is 0.480. The molecule has 0 amide bonds. The van der Waals surface area contributed by atoms with E-state index in [1.54, 1.807) is 0 Å². The third-order valence-corrected chi connectivity index (χ3v) is 13.7. The Morgan fingerprint density at radius 2 is 1.68 bits per heavy atom. The van der Waals surface area contributed by atoms with Crippen LogP contribution in [-0.4, -0.2) is 88.9 Å². The van der Waals surface area contributed by atoms with Crippen molar-refractivity contribution in [3.05, 3.63) is 0 Å². The molecule has 0 aromatic heterocycles. The summed E-state index contributed by atoms with van der Waals surface area (Å²) >= 11 is 0. The molecule has 5 nitrogen and oxygen atoms in total. The van der Waals surface area contributed by atoms with Gasteiger partial charge in [-0.2, -0.15) is 0 Å². The summed E-state index contributed by atoms with van der Waals surface area (Å²) in [7, 11) is 10.9. The van der Waals surface area contributed by atoms with Crippen LogP contribution in [0.4, 0.5) is 0 Å². The molecule has 3 unspecified atom stereocenters. The first-order chi connectivity index (χ1) is 11.1. The van der Waals surface area contributed by atoms with Crippen molar-refractivity contribution >= 4 is 45.5 Å². The third kappa shape index (κ3) is 4.40. The smallest absolute Gasteiger partial charge is 0.205 e.